The number of aromatic nitrogens is 2. The molecule has 8 aromatic carbocycles. The van der Waals surface area contributed by atoms with Gasteiger partial charge in [-0.05, 0) is 138 Å². The quantitative estimate of drug-likeness (QED) is 0.142. The van der Waals surface area contributed by atoms with Crippen molar-refractivity contribution in [3.8, 4) is 50.7 Å². The van der Waals surface area contributed by atoms with Gasteiger partial charge in [-0.25, -0.2) is 4.98 Å². The molecule has 0 bridgehead atoms. The zero-order chi connectivity index (χ0) is 61.5. The van der Waals surface area contributed by atoms with E-state index in [0.717, 1.165) is 74.4 Å². The summed E-state index contributed by atoms with van der Waals surface area (Å²) in [6.45, 7) is 30.3. The summed E-state index contributed by atoms with van der Waals surface area (Å²) in [5.41, 5.74) is 12.8. The summed E-state index contributed by atoms with van der Waals surface area (Å²) in [6.07, 6.45) is 3.43. The molecular weight excluding hydrogens is 1160 g/mol. The van der Waals surface area contributed by atoms with Crippen molar-refractivity contribution in [2.24, 2.45) is 0 Å². The SMILES string of the molecule is [2H]c1c([2H])c2c(c([2H])c1-c1cc(C(C)(C)C)cc(-c3ccc(-c4ccc(C(C)(C)C)cc4)cc3)c1N1[CH-]N(c3[c-]c(Oc4[c-]c5c(cc4)c4c([2H])c([2H])c([2H])c([2H])c4n5-c4cc(C(C)(C)C)ccn4)ccc3)c3ccccc31)C(C)(C)CCC2(C)C.[Pt]. The number of anilines is 4. The molecule has 1 aliphatic heterocycles. The first-order valence-electron chi connectivity index (χ1n) is 31.2. The molecule has 0 fully saturated rings. The van der Waals surface area contributed by atoms with Crippen molar-refractivity contribution < 1.29 is 35.4 Å². The molecule has 80 heavy (non-hydrogen) atoms. The third-order valence-electron chi connectivity index (χ3n) is 16.3. The van der Waals surface area contributed by atoms with Crippen LogP contribution in [0.2, 0.25) is 0 Å². The Morgan fingerprint density at radius 1 is 0.550 bits per heavy atom. The Hall–Kier alpha value is -7.20. The predicted molar refractivity (Wildman–Crippen MR) is 332 cm³/mol. The summed E-state index contributed by atoms with van der Waals surface area (Å²) >= 11 is 0. The Morgan fingerprint density at radius 3 is 1.82 bits per heavy atom. The maximum atomic E-state index is 10.4. The minimum Gasteiger partial charge on any atom is -0.509 e. The molecule has 5 nitrogen and oxygen atoms in total. The van der Waals surface area contributed by atoms with E-state index in [-0.39, 0.29) is 73.6 Å². The summed E-state index contributed by atoms with van der Waals surface area (Å²) in [7, 11) is 0. The van der Waals surface area contributed by atoms with Gasteiger partial charge in [-0.15, -0.1) is 48.1 Å². The van der Waals surface area contributed by atoms with Crippen molar-refractivity contribution in [1.82, 2.24) is 9.55 Å². The second kappa shape index (κ2) is 20.1. The largest absolute Gasteiger partial charge is 0.509 e. The van der Waals surface area contributed by atoms with Crippen LogP contribution in [-0.4, -0.2) is 9.55 Å². The second-order valence-corrected chi connectivity index (χ2v) is 26.0. The molecule has 2 aliphatic rings. The number of fused-ring (bicyclic) bond motifs is 5. The fraction of sp³-hybridized carbons (Fsp3) is 0.270. The van der Waals surface area contributed by atoms with E-state index in [9.17, 15) is 4.11 Å². The van der Waals surface area contributed by atoms with Crippen molar-refractivity contribution in [1.29, 1.82) is 0 Å². The van der Waals surface area contributed by atoms with Crippen molar-refractivity contribution in [3.05, 3.63) is 223 Å². The monoisotopic (exact) mass is 1240 g/mol. The summed E-state index contributed by atoms with van der Waals surface area (Å²) in [5.74, 6) is 1.23. The normalized spacial score (nSPS) is 16.2. The number of para-hydroxylation sites is 3. The topological polar surface area (TPSA) is 33.5 Å². The second-order valence-electron chi connectivity index (χ2n) is 26.0. The van der Waals surface area contributed by atoms with Crippen molar-refractivity contribution in [3.63, 3.8) is 0 Å². The maximum Gasteiger partial charge on any atom is 0.135 e. The molecule has 12 rings (SSSR count). The molecule has 0 unspecified atom stereocenters. The number of rotatable bonds is 8. The van der Waals surface area contributed by atoms with Crippen LogP contribution in [0.3, 0.4) is 0 Å². The van der Waals surface area contributed by atoms with Crippen molar-refractivity contribution in [2.45, 2.75) is 130 Å². The Labute approximate surface area is 499 Å². The molecule has 0 saturated carbocycles. The molecule has 6 heteroatoms. The maximum absolute atomic E-state index is 10.4. The first kappa shape index (κ1) is 46.5. The summed E-state index contributed by atoms with van der Waals surface area (Å²) in [6, 6.07) is 49.9. The average Bonchev–Trinajstić information content (AvgIpc) is 1.69. The molecule has 0 atom stereocenters. The summed E-state index contributed by atoms with van der Waals surface area (Å²) < 4.78 is 74.4. The standard InChI is InChI=1S/C74H73N4O.Pt/c1-70(2,3)52-32-29-49(30-33-52)48-25-27-50(28-26-48)60-42-54(72(7,8)9)43-61(51-31-36-62-63(41-51)74(12,13)39-38-73(62,10)11)69(60)77-47-76(65-23-16-17-24-66(65)77)55-19-18-20-56(45-55)79-57-34-35-59-58-21-14-15-22-64(58)78(67(59)46-57)68-44-53(37-40-75-68)71(4,5)6;/h14-37,40-44,47H,38-39H2,1-13H3;/q-3;/i14D,15D,21D,22D,31D,36D,41D;. The number of ether oxygens (including phenoxy) is 1. The fourth-order valence-electron chi connectivity index (χ4n) is 11.3. The molecule has 0 radical (unpaired) electrons. The summed E-state index contributed by atoms with van der Waals surface area (Å²) in [5, 5.41) is 0.949. The third kappa shape index (κ3) is 9.99. The zero-order valence-electron chi connectivity index (χ0n) is 55.2. The Balaban J connectivity index is 0.00000784. The molecule has 408 valence electrons. The van der Waals surface area contributed by atoms with Gasteiger partial charge in [0, 0.05) is 72.5 Å². The van der Waals surface area contributed by atoms with Crippen LogP contribution in [0.15, 0.2) is 176 Å². The number of benzene rings is 8. The van der Waals surface area contributed by atoms with Crippen LogP contribution in [0.4, 0.5) is 22.7 Å². The number of nitrogens with zero attached hydrogens (tertiary/aromatic N) is 4. The van der Waals surface area contributed by atoms with E-state index in [1.807, 2.05) is 48.5 Å². The van der Waals surface area contributed by atoms with Gasteiger partial charge in [0.15, 0.2) is 0 Å². The van der Waals surface area contributed by atoms with Crippen LogP contribution < -0.4 is 14.5 Å². The molecule has 0 spiro atoms. The van der Waals surface area contributed by atoms with Gasteiger partial charge in [-0.1, -0.05) is 192 Å². The molecular formula is C74H73N4OPt-3. The molecule has 2 aromatic heterocycles. The van der Waals surface area contributed by atoms with Gasteiger partial charge < -0.3 is 19.1 Å². The first-order chi connectivity index (χ1) is 40.4. The smallest absolute Gasteiger partial charge is 0.135 e. The zero-order valence-corrected chi connectivity index (χ0v) is 50.5. The third-order valence-corrected chi connectivity index (χ3v) is 16.3. The molecule has 0 amide bonds. The van der Waals surface area contributed by atoms with Gasteiger partial charge in [0.1, 0.15) is 5.82 Å². The molecule has 10 aromatic rings. The number of hydrogen-bond donors (Lipinski definition) is 0. The van der Waals surface area contributed by atoms with E-state index >= 15 is 0 Å². The van der Waals surface area contributed by atoms with Crippen LogP contribution in [0.5, 0.6) is 11.5 Å². The predicted octanol–water partition coefficient (Wildman–Crippen LogP) is 20.2. The Kier molecular flexibility index (Phi) is 11.7. The van der Waals surface area contributed by atoms with Crippen LogP contribution >= 0.6 is 0 Å². The van der Waals surface area contributed by atoms with E-state index in [1.165, 1.54) is 5.56 Å². The van der Waals surface area contributed by atoms with E-state index in [0.29, 0.717) is 62.0 Å². The fourth-order valence-corrected chi connectivity index (χ4v) is 11.3. The summed E-state index contributed by atoms with van der Waals surface area (Å²) in [4.78, 5) is 9.02. The minimum absolute atomic E-state index is 0. The number of hydrogen-bond acceptors (Lipinski definition) is 4. The molecule has 3 heterocycles. The van der Waals surface area contributed by atoms with E-state index < -0.39 is 10.8 Å². The van der Waals surface area contributed by atoms with Gasteiger partial charge in [0.2, 0.25) is 0 Å². The molecule has 0 N–H and O–H groups in total. The Morgan fingerprint density at radius 2 is 1.15 bits per heavy atom. The van der Waals surface area contributed by atoms with Gasteiger partial charge in [0.25, 0.3) is 0 Å². The molecule has 0 saturated heterocycles. The number of pyridine rings is 1. The van der Waals surface area contributed by atoms with E-state index in [4.69, 9.17) is 15.2 Å². The van der Waals surface area contributed by atoms with Crippen LogP contribution in [0.1, 0.15) is 140 Å². The van der Waals surface area contributed by atoms with Gasteiger partial charge in [-0.3, -0.25) is 0 Å². The van der Waals surface area contributed by atoms with Crippen molar-refractivity contribution >= 4 is 44.6 Å². The van der Waals surface area contributed by atoms with E-state index in [1.54, 1.807) is 16.8 Å². The first-order valence-corrected chi connectivity index (χ1v) is 27.7. The Bertz CT molecular complexity index is 4400. The molecule has 1 aliphatic carbocycles. The van der Waals surface area contributed by atoms with Crippen LogP contribution in [-0.2, 0) is 48.1 Å². The van der Waals surface area contributed by atoms with Crippen LogP contribution in [0, 0.1) is 18.8 Å². The minimum atomic E-state index is -0.412. The van der Waals surface area contributed by atoms with Gasteiger partial charge in [0.05, 0.1) is 9.60 Å². The van der Waals surface area contributed by atoms with Crippen LogP contribution in [0.25, 0.3) is 61.0 Å². The van der Waals surface area contributed by atoms with Gasteiger partial charge in [-0.2, -0.15) is 12.1 Å². The van der Waals surface area contributed by atoms with E-state index in [2.05, 4.69) is 191 Å². The van der Waals surface area contributed by atoms with Crippen molar-refractivity contribution in [2.75, 3.05) is 9.80 Å². The average molecular weight is 1240 g/mol. The van der Waals surface area contributed by atoms with Gasteiger partial charge >= 0.3 is 0 Å².